The molecule has 0 aromatic rings. The smallest absolute Gasteiger partial charge is 1.00 e. The number of carboxylic acid groups (broad SMARTS) is 1. The fourth-order valence-electron chi connectivity index (χ4n) is 1.21. The van der Waals surface area contributed by atoms with Crippen molar-refractivity contribution in [3.63, 3.8) is 0 Å². The van der Waals surface area contributed by atoms with E-state index >= 15 is 0 Å². The fraction of sp³-hybridized carbons (Fsp3) is 0.875. The van der Waals surface area contributed by atoms with E-state index in [1.807, 2.05) is 21.6 Å². The van der Waals surface area contributed by atoms with Crippen LogP contribution in [0.15, 0.2) is 0 Å². The van der Waals surface area contributed by atoms with Crippen LogP contribution >= 0.6 is 21.6 Å². The van der Waals surface area contributed by atoms with E-state index in [9.17, 15) is 4.79 Å². The Balaban J connectivity index is -0.000000480. The van der Waals surface area contributed by atoms with Crippen LogP contribution in [0.25, 0.3) is 0 Å². The van der Waals surface area contributed by atoms with Gasteiger partial charge in [-0.25, -0.2) is 0 Å². The van der Waals surface area contributed by atoms with Gasteiger partial charge >= 0.3 is 29.0 Å². The standard InChI is InChI=1S/C8H14O2S2.Mg.2H/c9-8(10)4-2-1-3-7-5-6-11-12-7;;;/h7H,1-6H2,(H,9,10);;;/q;+2;2*-1. The summed E-state index contributed by atoms with van der Waals surface area (Å²) in [6.07, 6.45) is 4.76. The molecule has 13 heavy (non-hydrogen) atoms. The summed E-state index contributed by atoms with van der Waals surface area (Å²) in [5, 5.41) is 9.19. The van der Waals surface area contributed by atoms with Crippen molar-refractivity contribution in [1.82, 2.24) is 0 Å². The van der Waals surface area contributed by atoms with Crippen molar-refractivity contribution in [2.45, 2.75) is 37.4 Å². The Kier molecular flexibility index (Phi) is 8.86. The summed E-state index contributed by atoms with van der Waals surface area (Å²) in [6, 6.07) is 0. The van der Waals surface area contributed by atoms with Crippen molar-refractivity contribution in [3.05, 3.63) is 0 Å². The van der Waals surface area contributed by atoms with Gasteiger partial charge in [0.05, 0.1) is 0 Å². The van der Waals surface area contributed by atoms with Gasteiger partial charge in [0, 0.05) is 17.4 Å². The molecular weight excluding hydrogens is 217 g/mol. The summed E-state index contributed by atoms with van der Waals surface area (Å²) in [5.74, 6) is 0.609. The van der Waals surface area contributed by atoms with Crippen molar-refractivity contribution in [1.29, 1.82) is 0 Å². The van der Waals surface area contributed by atoms with Crippen LogP contribution in [0.3, 0.4) is 0 Å². The van der Waals surface area contributed by atoms with E-state index in [-0.39, 0.29) is 25.9 Å². The SMILES string of the molecule is O=C(O)CCCCC1CCSS1.[H-].[H-].[Mg+2]. The van der Waals surface area contributed by atoms with Crippen LogP contribution in [-0.2, 0) is 4.79 Å². The van der Waals surface area contributed by atoms with Crippen LogP contribution in [0.4, 0.5) is 0 Å². The van der Waals surface area contributed by atoms with Gasteiger partial charge in [-0.05, 0) is 19.3 Å². The molecule has 1 unspecified atom stereocenters. The van der Waals surface area contributed by atoms with Crippen LogP contribution in [0.1, 0.15) is 35.0 Å². The summed E-state index contributed by atoms with van der Waals surface area (Å²) in [5.41, 5.74) is 0. The Hall–Kier alpha value is 0.936. The fourth-order valence-corrected chi connectivity index (χ4v) is 4.24. The molecule has 5 heteroatoms. The molecule has 74 valence electrons. The summed E-state index contributed by atoms with van der Waals surface area (Å²) in [7, 11) is 3.92. The summed E-state index contributed by atoms with van der Waals surface area (Å²) < 4.78 is 0. The minimum absolute atomic E-state index is 0. The van der Waals surface area contributed by atoms with Crippen LogP contribution < -0.4 is 0 Å². The molecule has 1 atom stereocenters. The molecule has 1 saturated heterocycles. The van der Waals surface area contributed by atoms with E-state index in [0.29, 0.717) is 6.42 Å². The van der Waals surface area contributed by atoms with E-state index in [4.69, 9.17) is 5.11 Å². The predicted octanol–water partition coefficient (Wildman–Crippen LogP) is 2.63. The zero-order chi connectivity index (χ0) is 8.81. The molecule has 0 aromatic heterocycles. The van der Waals surface area contributed by atoms with Crippen LogP contribution in [0.5, 0.6) is 0 Å². The van der Waals surface area contributed by atoms with Crippen LogP contribution in [-0.4, -0.2) is 45.1 Å². The number of carboxylic acids is 1. The van der Waals surface area contributed by atoms with Crippen molar-refractivity contribution in [2.75, 3.05) is 5.75 Å². The summed E-state index contributed by atoms with van der Waals surface area (Å²) >= 11 is 0. The Bertz CT molecular complexity index is 158. The third-order valence-electron chi connectivity index (χ3n) is 1.89. The monoisotopic (exact) mass is 232 g/mol. The molecule has 1 aliphatic rings. The molecule has 1 N–H and O–H groups in total. The van der Waals surface area contributed by atoms with E-state index in [2.05, 4.69) is 0 Å². The second-order valence-electron chi connectivity index (χ2n) is 2.97. The van der Waals surface area contributed by atoms with Gasteiger partial charge in [-0.1, -0.05) is 28.0 Å². The van der Waals surface area contributed by atoms with Crippen molar-refractivity contribution in [3.8, 4) is 0 Å². The third-order valence-corrected chi connectivity index (χ3v) is 4.90. The molecule has 0 amide bonds. The van der Waals surface area contributed by atoms with Crippen molar-refractivity contribution >= 4 is 50.6 Å². The maximum Gasteiger partial charge on any atom is 2.00 e. The first kappa shape index (κ1) is 13.9. The summed E-state index contributed by atoms with van der Waals surface area (Å²) in [4.78, 5) is 10.2. The number of hydrogen-bond donors (Lipinski definition) is 1. The van der Waals surface area contributed by atoms with Gasteiger partial charge in [-0.2, -0.15) is 0 Å². The third kappa shape index (κ3) is 6.94. The molecule has 1 fully saturated rings. The minimum atomic E-state index is -0.663. The Morgan fingerprint density at radius 2 is 2.31 bits per heavy atom. The second kappa shape index (κ2) is 8.26. The topological polar surface area (TPSA) is 37.3 Å². The minimum Gasteiger partial charge on any atom is -1.00 e. The molecule has 0 radical (unpaired) electrons. The zero-order valence-corrected chi connectivity index (χ0v) is 10.7. The van der Waals surface area contributed by atoms with Crippen LogP contribution in [0.2, 0.25) is 0 Å². The Labute approximate surface area is 106 Å². The van der Waals surface area contributed by atoms with Crippen LogP contribution in [0, 0.1) is 0 Å². The first-order chi connectivity index (χ1) is 5.79. The van der Waals surface area contributed by atoms with E-state index in [0.717, 1.165) is 18.1 Å². The molecule has 1 heterocycles. The predicted molar refractivity (Wildman–Crippen MR) is 62.5 cm³/mol. The van der Waals surface area contributed by atoms with Gasteiger partial charge in [0.2, 0.25) is 0 Å². The van der Waals surface area contributed by atoms with Crippen molar-refractivity contribution in [2.24, 2.45) is 0 Å². The van der Waals surface area contributed by atoms with Gasteiger partial charge < -0.3 is 7.96 Å². The van der Waals surface area contributed by atoms with Gasteiger partial charge in [0.15, 0.2) is 0 Å². The maximum atomic E-state index is 10.2. The molecule has 0 aliphatic carbocycles. The maximum absolute atomic E-state index is 10.2. The molecular formula is C8H16MgO2S2. The number of rotatable bonds is 5. The van der Waals surface area contributed by atoms with Gasteiger partial charge in [-0.15, -0.1) is 0 Å². The normalized spacial score (nSPS) is 21.1. The van der Waals surface area contributed by atoms with Gasteiger partial charge in [0.1, 0.15) is 0 Å². The summed E-state index contributed by atoms with van der Waals surface area (Å²) in [6.45, 7) is 0. The first-order valence-corrected chi connectivity index (χ1v) is 6.67. The molecule has 0 bridgehead atoms. The van der Waals surface area contributed by atoms with Gasteiger partial charge in [0.25, 0.3) is 0 Å². The number of carbonyl (C=O) groups is 1. The Morgan fingerprint density at radius 1 is 1.54 bits per heavy atom. The molecule has 0 spiro atoms. The molecule has 1 aliphatic heterocycles. The van der Waals surface area contributed by atoms with Gasteiger partial charge in [-0.3, -0.25) is 4.79 Å². The Morgan fingerprint density at radius 3 is 2.85 bits per heavy atom. The van der Waals surface area contributed by atoms with Crippen molar-refractivity contribution < 1.29 is 12.8 Å². The number of unbranched alkanes of at least 4 members (excludes halogenated alkanes) is 1. The number of hydrogen-bond acceptors (Lipinski definition) is 3. The quantitative estimate of drug-likeness (QED) is 0.449. The zero-order valence-electron chi connectivity index (χ0n) is 9.70. The van der Waals surface area contributed by atoms with E-state index in [1.54, 1.807) is 0 Å². The van der Waals surface area contributed by atoms with E-state index in [1.165, 1.54) is 18.6 Å². The average molecular weight is 233 g/mol. The molecule has 1 rings (SSSR count). The number of aliphatic carboxylic acids is 1. The molecule has 2 nitrogen and oxygen atoms in total. The molecule has 0 saturated carbocycles. The largest absolute Gasteiger partial charge is 2.00 e. The van der Waals surface area contributed by atoms with E-state index < -0.39 is 5.97 Å². The first-order valence-electron chi connectivity index (χ1n) is 4.29. The average Bonchev–Trinajstić information content (AvgIpc) is 2.49. The second-order valence-corrected chi connectivity index (χ2v) is 5.76. The molecule has 0 aromatic carbocycles.